The van der Waals surface area contributed by atoms with Gasteiger partial charge in [-0.3, -0.25) is 9.59 Å². The van der Waals surface area contributed by atoms with Gasteiger partial charge in [0.25, 0.3) is 5.89 Å². The summed E-state index contributed by atoms with van der Waals surface area (Å²) < 4.78 is 5.34. The monoisotopic (exact) mass is 418 g/mol. The van der Waals surface area contributed by atoms with E-state index < -0.39 is 5.41 Å². The molecule has 0 saturated carbocycles. The number of alkyl halides is 1. The Morgan fingerprint density at radius 2 is 2.00 bits per heavy atom. The minimum absolute atomic E-state index is 0.0214. The Labute approximate surface area is 176 Å². The molecule has 1 aromatic heterocycles. The van der Waals surface area contributed by atoms with E-state index in [-0.39, 0.29) is 30.2 Å². The largest absolute Gasteiger partial charge is 0.338 e. The van der Waals surface area contributed by atoms with E-state index in [9.17, 15) is 9.59 Å². The van der Waals surface area contributed by atoms with Crippen LogP contribution in [0.5, 0.6) is 0 Å². The van der Waals surface area contributed by atoms with Crippen molar-refractivity contribution in [2.24, 2.45) is 5.41 Å². The zero-order valence-electron chi connectivity index (χ0n) is 17.3. The van der Waals surface area contributed by atoms with Crippen LogP contribution in [0, 0.1) is 12.3 Å². The average Bonchev–Trinajstić information content (AvgIpc) is 3.15. The Morgan fingerprint density at radius 1 is 1.28 bits per heavy atom. The molecule has 29 heavy (non-hydrogen) atoms. The van der Waals surface area contributed by atoms with Crippen molar-refractivity contribution in [3.63, 3.8) is 0 Å². The predicted molar refractivity (Wildman–Crippen MR) is 110 cm³/mol. The summed E-state index contributed by atoms with van der Waals surface area (Å²) >= 11 is 5.95. The minimum atomic E-state index is -0.613. The van der Waals surface area contributed by atoms with Crippen LogP contribution in [0.2, 0.25) is 0 Å². The highest BCUT2D eigenvalue weighted by Crippen LogP contribution is 2.24. The van der Waals surface area contributed by atoms with Gasteiger partial charge in [-0.15, -0.1) is 11.6 Å². The number of piperazine rings is 1. The van der Waals surface area contributed by atoms with Gasteiger partial charge in [0, 0.05) is 37.1 Å². The third kappa shape index (κ3) is 4.61. The lowest BCUT2D eigenvalue weighted by atomic mass is 9.93. The van der Waals surface area contributed by atoms with Gasteiger partial charge >= 0.3 is 0 Å². The van der Waals surface area contributed by atoms with Crippen LogP contribution < -0.4 is 0 Å². The fourth-order valence-corrected chi connectivity index (χ4v) is 3.54. The summed E-state index contributed by atoms with van der Waals surface area (Å²) in [6.07, 6.45) is 0.0726. The third-order valence-corrected chi connectivity index (χ3v) is 5.98. The number of rotatable bonds is 5. The molecule has 2 heterocycles. The van der Waals surface area contributed by atoms with Crippen molar-refractivity contribution in [3.05, 3.63) is 35.7 Å². The van der Waals surface area contributed by atoms with Gasteiger partial charge in [-0.25, -0.2) is 0 Å². The summed E-state index contributed by atoms with van der Waals surface area (Å²) in [7, 11) is 0. The number of hydrogen-bond acceptors (Lipinski definition) is 5. The molecular weight excluding hydrogens is 392 g/mol. The van der Waals surface area contributed by atoms with Gasteiger partial charge in [0.1, 0.15) is 0 Å². The molecule has 1 aliphatic heterocycles. The van der Waals surface area contributed by atoms with Gasteiger partial charge in [0.15, 0.2) is 5.82 Å². The summed E-state index contributed by atoms with van der Waals surface area (Å²) in [4.78, 5) is 33.4. The fourth-order valence-electron chi connectivity index (χ4n) is 3.43. The lowest BCUT2D eigenvalue weighted by Crippen LogP contribution is -2.58. The van der Waals surface area contributed by atoms with Crippen molar-refractivity contribution >= 4 is 23.4 Å². The van der Waals surface area contributed by atoms with Crippen molar-refractivity contribution in [1.82, 2.24) is 19.9 Å². The van der Waals surface area contributed by atoms with Gasteiger partial charge in [-0.2, -0.15) is 4.98 Å². The number of hydrogen-bond donors (Lipinski definition) is 0. The SMILES string of the molecule is Cc1ccccc1-c1nc(CC(=O)N2CCN(C(=O)C(C)(C)CCl)C(C)C2)no1. The number of aromatic nitrogens is 2. The number of nitrogens with zero attached hydrogens (tertiary/aromatic N) is 4. The topological polar surface area (TPSA) is 79.5 Å². The fraction of sp³-hybridized carbons (Fsp3) is 0.524. The molecule has 3 rings (SSSR count). The first-order valence-electron chi connectivity index (χ1n) is 9.76. The summed E-state index contributed by atoms with van der Waals surface area (Å²) in [5.74, 6) is 0.991. The number of carbonyl (C=O) groups is 2. The molecule has 0 aliphatic carbocycles. The van der Waals surface area contributed by atoms with Gasteiger partial charge in [-0.05, 0) is 39.3 Å². The lowest BCUT2D eigenvalue weighted by Gasteiger charge is -2.42. The van der Waals surface area contributed by atoms with Crippen LogP contribution in [-0.4, -0.2) is 63.3 Å². The van der Waals surface area contributed by atoms with Crippen LogP contribution in [0.25, 0.3) is 11.5 Å². The molecule has 2 amide bonds. The zero-order chi connectivity index (χ0) is 21.2. The van der Waals surface area contributed by atoms with E-state index in [0.29, 0.717) is 31.3 Å². The maximum atomic E-state index is 12.7. The standard InChI is InChI=1S/C21H27ClN4O3/c1-14-7-5-6-8-16(14)19-23-17(24-29-19)11-18(27)25-9-10-26(15(2)12-25)20(28)21(3,4)13-22/h5-8,15H,9-13H2,1-4H3. The molecule has 1 unspecified atom stereocenters. The Hall–Kier alpha value is -2.41. The number of aryl methyl sites for hydroxylation is 1. The molecule has 1 aliphatic rings. The maximum Gasteiger partial charge on any atom is 0.258 e. The number of amides is 2. The van der Waals surface area contributed by atoms with Crippen LogP contribution >= 0.6 is 11.6 Å². The van der Waals surface area contributed by atoms with Crippen molar-refractivity contribution in [3.8, 4) is 11.5 Å². The average molecular weight is 419 g/mol. The molecule has 1 aromatic carbocycles. The second-order valence-corrected chi connectivity index (χ2v) is 8.48. The molecule has 0 N–H and O–H groups in total. The molecule has 1 fully saturated rings. The second kappa shape index (κ2) is 8.53. The normalized spacial score (nSPS) is 17.5. The molecule has 0 bridgehead atoms. The van der Waals surface area contributed by atoms with Crippen LogP contribution in [0.4, 0.5) is 0 Å². The quantitative estimate of drug-likeness (QED) is 0.697. The highest BCUT2D eigenvalue weighted by atomic mass is 35.5. The van der Waals surface area contributed by atoms with Crippen LogP contribution in [-0.2, 0) is 16.0 Å². The Kier molecular flexibility index (Phi) is 6.27. The molecule has 1 atom stereocenters. The highest BCUT2D eigenvalue weighted by molar-refractivity contribution is 6.19. The van der Waals surface area contributed by atoms with Gasteiger partial charge < -0.3 is 14.3 Å². The summed E-state index contributed by atoms with van der Waals surface area (Å²) in [5.41, 5.74) is 1.28. The van der Waals surface area contributed by atoms with E-state index in [4.69, 9.17) is 16.1 Å². The van der Waals surface area contributed by atoms with Crippen molar-refractivity contribution in [2.45, 2.75) is 40.2 Å². The minimum Gasteiger partial charge on any atom is -0.338 e. The van der Waals surface area contributed by atoms with Gasteiger partial charge in [-0.1, -0.05) is 23.4 Å². The first kappa shape index (κ1) is 21.3. The van der Waals surface area contributed by atoms with Crippen LogP contribution in [0.3, 0.4) is 0 Å². The summed E-state index contributed by atoms with van der Waals surface area (Å²) in [6.45, 7) is 9.06. The van der Waals surface area contributed by atoms with Crippen LogP contribution in [0.15, 0.2) is 28.8 Å². The molecule has 7 nitrogen and oxygen atoms in total. The number of carbonyl (C=O) groups excluding carboxylic acids is 2. The first-order chi connectivity index (χ1) is 13.7. The van der Waals surface area contributed by atoms with E-state index >= 15 is 0 Å². The molecule has 156 valence electrons. The van der Waals surface area contributed by atoms with E-state index in [1.807, 2.05) is 56.9 Å². The Morgan fingerprint density at radius 3 is 2.66 bits per heavy atom. The smallest absolute Gasteiger partial charge is 0.258 e. The molecular formula is C21H27ClN4O3. The van der Waals surface area contributed by atoms with E-state index in [2.05, 4.69) is 10.1 Å². The van der Waals surface area contributed by atoms with Gasteiger partial charge in [0.05, 0.1) is 11.8 Å². The first-order valence-corrected chi connectivity index (χ1v) is 10.3. The van der Waals surface area contributed by atoms with Gasteiger partial charge in [0.2, 0.25) is 11.8 Å². The molecule has 2 aromatic rings. The summed E-state index contributed by atoms with van der Waals surface area (Å²) in [6, 6.07) is 7.66. The van der Waals surface area contributed by atoms with E-state index in [0.717, 1.165) is 11.1 Å². The number of benzene rings is 1. The molecule has 1 saturated heterocycles. The van der Waals surface area contributed by atoms with E-state index in [1.165, 1.54) is 0 Å². The second-order valence-electron chi connectivity index (χ2n) is 8.21. The third-order valence-electron chi connectivity index (χ3n) is 5.31. The zero-order valence-corrected chi connectivity index (χ0v) is 18.1. The number of halogens is 1. The van der Waals surface area contributed by atoms with Crippen molar-refractivity contribution in [1.29, 1.82) is 0 Å². The van der Waals surface area contributed by atoms with E-state index in [1.54, 1.807) is 4.90 Å². The predicted octanol–water partition coefficient (Wildman–Crippen LogP) is 2.91. The lowest BCUT2D eigenvalue weighted by molar-refractivity contribution is -0.147. The Balaban J connectivity index is 1.62. The maximum absolute atomic E-state index is 12.7. The van der Waals surface area contributed by atoms with Crippen LogP contribution in [0.1, 0.15) is 32.2 Å². The highest BCUT2D eigenvalue weighted by Gasteiger charge is 2.37. The molecule has 0 radical (unpaired) electrons. The Bertz CT molecular complexity index is 896. The molecule has 0 spiro atoms. The van der Waals surface area contributed by atoms with Crippen molar-refractivity contribution < 1.29 is 14.1 Å². The molecule has 8 heteroatoms. The summed E-state index contributed by atoms with van der Waals surface area (Å²) in [5, 5.41) is 3.96. The van der Waals surface area contributed by atoms with Crippen molar-refractivity contribution in [2.75, 3.05) is 25.5 Å².